The highest BCUT2D eigenvalue weighted by atomic mass is 16.4. The van der Waals surface area contributed by atoms with Crippen LogP contribution in [0.25, 0.3) is 0 Å². The molecule has 0 saturated carbocycles. The summed E-state index contributed by atoms with van der Waals surface area (Å²) in [5.41, 5.74) is -0.306. The van der Waals surface area contributed by atoms with Crippen molar-refractivity contribution in [2.75, 3.05) is 0 Å². The number of nitrogens with zero attached hydrogens (tertiary/aromatic N) is 2. The zero-order chi connectivity index (χ0) is 12.6. The summed E-state index contributed by atoms with van der Waals surface area (Å²) in [6.45, 7) is 9.32. The lowest BCUT2D eigenvalue weighted by atomic mass is 9.89. The molecule has 0 bridgehead atoms. The number of carbonyl (C=O) groups is 1. The van der Waals surface area contributed by atoms with E-state index in [9.17, 15) is 4.79 Å². The maximum Gasteiger partial charge on any atom is 0.316 e. The Hall–Kier alpha value is -1.45. The lowest BCUT2D eigenvalue weighted by molar-refractivity contribution is -0.142. The normalized spacial score (nSPS) is 12.6. The molecule has 1 heterocycles. The van der Waals surface area contributed by atoms with Crippen LogP contribution in [0.5, 0.6) is 0 Å². The zero-order valence-electron chi connectivity index (χ0n) is 10.4. The Bertz CT molecular complexity index is 406. The Morgan fingerprint density at radius 3 is 2.25 bits per heavy atom. The van der Waals surface area contributed by atoms with Crippen molar-refractivity contribution in [2.45, 2.75) is 45.4 Å². The summed E-state index contributed by atoms with van der Waals surface area (Å²) in [4.78, 5) is 19.5. The molecule has 4 heteroatoms. The zero-order valence-corrected chi connectivity index (χ0v) is 10.4. The molecular formula is C12H18N2O2. The second-order valence-corrected chi connectivity index (χ2v) is 5.45. The summed E-state index contributed by atoms with van der Waals surface area (Å²) in [6.07, 6.45) is 1.62. The fourth-order valence-corrected chi connectivity index (χ4v) is 1.17. The van der Waals surface area contributed by atoms with Gasteiger partial charge in [-0.1, -0.05) is 20.8 Å². The molecule has 0 unspecified atom stereocenters. The van der Waals surface area contributed by atoms with E-state index in [0.29, 0.717) is 5.82 Å². The predicted molar refractivity (Wildman–Crippen MR) is 61.4 cm³/mol. The first-order valence-electron chi connectivity index (χ1n) is 5.23. The standard InChI is InChI=1S/C12H18N2O2/c1-11(2,3)8-6-7-13-9(14-8)12(4,5)10(15)16/h6-7H,1-5H3,(H,15,16). The van der Waals surface area contributed by atoms with Crippen molar-refractivity contribution in [3.63, 3.8) is 0 Å². The van der Waals surface area contributed by atoms with Gasteiger partial charge in [-0.3, -0.25) is 4.79 Å². The average molecular weight is 222 g/mol. The molecule has 0 radical (unpaired) electrons. The molecule has 1 rings (SSSR count). The largest absolute Gasteiger partial charge is 0.481 e. The topological polar surface area (TPSA) is 63.1 Å². The van der Waals surface area contributed by atoms with Gasteiger partial charge in [0.05, 0.1) is 0 Å². The van der Waals surface area contributed by atoms with Crippen LogP contribution >= 0.6 is 0 Å². The first-order valence-corrected chi connectivity index (χ1v) is 5.23. The van der Waals surface area contributed by atoms with Crippen LogP contribution in [0, 0.1) is 0 Å². The quantitative estimate of drug-likeness (QED) is 0.832. The minimum absolute atomic E-state index is 0.105. The van der Waals surface area contributed by atoms with E-state index in [2.05, 4.69) is 9.97 Å². The Balaban J connectivity index is 3.23. The van der Waals surface area contributed by atoms with Crippen molar-refractivity contribution >= 4 is 5.97 Å². The molecule has 88 valence electrons. The lowest BCUT2D eigenvalue weighted by Crippen LogP contribution is -2.32. The second kappa shape index (κ2) is 3.85. The van der Waals surface area contributed by atoms with Crippen LogP contribution in [0.4, 0.5) is 0 Å². The molecule has 0 atom stereocenters. The fourth-order valence-electron chi connectivity index (χ4n) is 1.17. The van der Waals surface area contributed by atoms with E-state index in [4.69, 9.17) is 5.11 Å². The minimum Gasteiger partial charge on any atom is -0.481 e. The highest BCUT2D eigenvalue weighted by molar-refractivity contribution is 5.78. The van der Waals surface area contributed by atoms with Crippen LogP contribution in [0.1, 0.15) is 46.1 Å². The molecule has 0 fully saturated rings. The van der Waals surface area contributed by atoms with Crippen LogP contribution in [-0.2, 0) is 15.6 Å². The molecule has 0 aromatic carbocycles. The first kappa shape index (κ1) is 12.6. The maximum atomic E-state index is 11.1. The third kappa shape index (κ3) is 2.38. The summed E-state index contributed by atoms with van der Waals surface area (Å²) < 4.78 is 0. The van der Waals surface area contributed by atoms with Gasteiger partial charge in [0.25, 0.3) is 0 Å². The number of aromatic nitrogens is 2. The molecule has 0 spiro atoms. The van der Waals surface area contributed by atoms with Crippen LogP contribution in [0.3, 0.4) is 0 Å². The monoisotopic (exact) mass is 222 g/mol. The third-order valence-corrected chi connectivity index (χ3v) is 2.52. The van der Waals surface area contributed by atoms with Gasteiger partial charge < -0.3 is 5.11 Å². The van der Waals surface area contributed by atoms with Crippen LogP contribution in [-0.4, -0.2) is 21.0 Å². The Morgan fingerprint density at radius 1 is 1.25 bits per heavy atom. The van der Waals surface area contributed by atoms with E-state index in [1.165, 1.54) is 0 Å². The Labute approximate surface area is 95.7 Å². The lowest BCUT2D eigenvalue weighted by Gasteiger charge is -2.22. The van der Waals surface area contributed by atoms with Gasteiger partial charge in [-0.05, 0) is 19.9 Å². The summed E-state index contributed by atoms with van der Waals surface area (Å²) in [7, 11) is 0. The average Bonchev–Trinajstić information content (AvgIpc) is 2.16. The SMILES string of the molecule is CC(C)(C)c1ccnc(C(C)(C)C(=O)O)n1. The van der Waals surface area contributed by atoms with Gasteiger partial charge in [0, 0.05) is 17.3 Å². The van der Waals surface area contributed by atoms with Crippen molar-refractivity contribution in [1.29, 1.82) is 0 Å². The van der Waals surface area contributed by atoms with E-state index < -0.39 is 11.4 Å². The van der Waals surface area contributed by atoms with Gasteiger partial charge in [-0.25, -0.2) is 9.97 Å². The molecule has 16 heavy (non-hydrogen) atoms. The summed E-state index contributed by atoms with van der Waals surface area (Å²) >= 11 is 0. The molecule has 0 aliphatic carbocycles. The van der Waals surface area contributed by atoms with Gasteiger partial charge in [0.2, 0.25) is 0 Å². The molecule has 0 aliphatic rings. The van der Waals surface area contributed by atoms with Gasteiger partial charge in [0.1, 0.15) is 11.2 Å². The number of hydrogen-bond donors (Lipinski definition) is 1. The van der Waals surface area contributed by atoms with Crippen LogP contribution in [0.15, 0.2) is 12.3 Å². The van der Waals surface area contributed by atoms with E-state index in [1.54, 1.807) is 20.0 Å². The van der Waals surface area contributed by atoms with E-state index in [1.807, 2.05) is 26.8 Å². The van der Waals surface area contributed by atoms with Crippen molar-refractivity contribution in [3.05, 3.63) is 23.8 Å². The third-order valence-electron chi connectivity index (χ3n) is 2.52. The van der Waals surface area contributed by atoms with Crippen LogP contribution < -0.4 is 0 Å². The summed E-state index contributed by atoms with van der Waals surface area (Å²) in [5, 5.41) is 9.11. The smallest absolute Gasteiger partial charge is 0.316 e. The second-order valence-electron chi connectivity index (χ2n) is 5.45. The number of hydrogen-bond acceptors (Lipinski definition) is 3. The Morgan fingerprint density at radius 2 is 1.81 bits per heavy atom. The maximum absolute atomic E-state index is 11.1. The van der Waals surface area contributed by atoms with Gasteiger partial charge in [-0.2, -0.15) is 0 Å². The number of aliphatic carboxylic acids is 1. The van der Waals surface area contributed by atoms with E-state index in [-0.39, 0.29) is 5.41 Å². The van der Waals surface area contributed by atoms with Crippen molar-refractivity contribution in [1.82, 2.24) is 9.97 Å². The van der Waals surface area contributed by atoms with Crippen LogP contribution in [0.2, 0.25) is 0 Å². The molecule has 1 aromatic heterocycles. The molecule has 0 aliphatic heterocycles. The van der Waals surface area contributed by atoms with Crippen molar-refractivity contribution in [3.8, 4) is 0 Å². The molecule has 4 nitrogen and oxygen atoms in total. The van der Waals surface area contributed by atoms with Crippen molar-refractivity contribution in [2.24, 2.45) is 0 Å². The summed E-state index contributed by atoms with van der Waals surface area (Å²) in [5.74, 6) is -0.564. The highest BCUT2D eigenvalue weighted by Gasteiger charge is 2.33. The molecule has 0 saturated heterocycles. The predicted octanol–water partition coefficient (Wildman–Crippen LogP) is 2.14. The van der Waals surface area contributed by atoms with Gasteiger partial charge in [-0.15, -0.1) is 0 Å². The van der Waals surface area contributed by atoms with Gasteiger partial charge >= 0.3 is 5.97 Å². The summed E-state index contributed by atoms with van der Waals surface area (Å²) in [6, 6.07) is 1.82. The molecular weight excluding hydrogens is 204 g/mol. The van der Waals surface area contributed by atoms with Crippen molar-refractivity contribution < 1.29 is 9.90 Å². The molecule has 0 amide bonds. The van der Waals surface area contributed by atoms with Gasteiger partial charge in [0.15, 0.2) is 0 Å². The minimum atomic E-state index is -1.05. The van der Waals surface area contributed by atoms with E-state index >= 15 is 0 Å². The first-order chi connectivity index (χ1) is 7.15. The molecule has 1 aromatic rings. The highest BCUT2D eigenvalue weighted by Crippen LogP contribution is 2.24. The van der Waals surface area contributed by atoms with E-state index in [0.717, 1.165) is 5.69 Å². The fraction of sp³-hybridized carbons (Fsp3) is 0.583. The Kier molecular flexibility index (Phi) is 3.03. The number of carboxylic acids is 1. The number of rotatable bonds is 2. The molecule has 1 N–H and O–H groups in total. The number of carboxylic acid groups (broad SMARTS) is 1.